The number of likely N-dealkylation sites (tertiary alicyclic amines) is 1. The van der Waals surface area contributed by atoms with Crippen molar-refractivity contribution in [2.24, 2.45) is 23.5 Å². The molecule has 3 N–H and O–H groups in total. The lowest BCUT2D eigenvalue weighted by Gasteiger charge is -2.27. The number of carbonyl (C=O) groups excluding carboxylic acids is 2. The van der Waals surface area contributed by atoms with Crippen molar-refractivity contribution in [1.29, 1.82) is 0 Å². The van der Waals surface area contributed by atoms with E-state index in [1.165, 1.54) is 6.42 Å². The Morgan fingerprint density at radius 2 is 1.82 bits per heavy atom. The molecule has 0 aromatic carbocycles. The first-order valence-corrected chi connectivity index (χ1v) is 8.39. The summed E-state index contributed by atoms with van der Waals surface area (Å²) in [5.41, 5.74) is 5.63. The molecule has 2 amide bonds. The van der Waals surface area contributed by atoms with Crippen LogP contribution in [0.15, 0.2) is 0 Å². The van der Waals surface area contributed by atoms with Crippen molar-refractivity contribution in [2.75, 3.05) is 26.2 Å². The van der Waals surface area contributed by atoms with Crippen LogP contribution in [0.2, 0.25) is 0 Å². The fourth-order valence-corrected chi connectivity index (χ4v) is 3.50. The molecule has 0 aromatic heterocycles. The predicted molar refractivity (Wildman–Crippen MR) is 89.7 cm³/mol. The summed E-state index contributed by atoms with van der Waals surface area (Å²) in [6.45, 7) is 4.51. The third-order valence-corrected chi connectivity index (χ3v) is 5.18. The summed E-state index contributed by atoms with van der Waals surface area (Å²) in [7, 11) is 0. The van der Waals surface area contributed by atoms with Gasteiger partial charge in [0, 0.05) is 19.0 Å². The van der Waals surface area contributed by atoms with Gasteiger partial charge >= 0.3 is 0 Å². The quantitative estimate of drug-likeness (QED) is 0.802. The van der Waals surface area contributed by atoms with Gasteiger partial charge in [0.25, 0.3) is 0 Å². The van der Waals surface area contributed by atoms with Crippen LogP contribution >= 0.6 is 12.4 Å². The maximum absolute atomic E-state index is 12.1. The highest BCUT2D eigenvalue weighted by atomic mass is 35.5. The molecule has 1 aliphatic heterocycles. The van der Waals surface area contributed by atoms with E-state index in [0.717, 1.165) is 51.1 Å². The largest absolute Gasteiger partial charge is 0.347 e. The van der Waals surface area contributed by atoms with Gasteiger partial charge < -0.3 is 16.0 Å². The van der Waals surface area contributed by atoms with Crippen LogP contribution in [0.25, 0.3) is 0 Å². The van der Waals surface area contributed by atoms with E-state index in [-0.39, 0.29) is 36.7 Å². The van der Waals surface area contributed by atoms with Crippen LogP contribution in [0.1, 0.15) is 45.4 Å². The number of hydrogen-bond donors (Lipinski definition) is 2. The Morgan fingerprint density at radius 3 is 2.36 bits per heavy atom. The topological polar surface area (TPSA) is 75.4 Å². The molecule has 1 saturated carbocycles. The molecule has 2 aliphatic rings. The highest BCUT2D eigenvalue weighted by Gasteiger charge is 2.28. The van der Waals surface area contributed by atoms with Crippen LogP contribution in [0.3, 0.4) is 0 Å². The van der Waals surface area contributed by atoms with E-state index in [9.17, 15) is 9.59 Å². The summed E-state index contributed by atoms with van der Waals surface area (Å²) in [5.74, 6) is 1.41. The van der Waals surface area contributed by atoms with Crippen molar-refractivity contribution in [1.82, 2.24) is 10.2 Å². The van der Waals surface area contributed by atoms with Crippen LogP contribution in [0.4, 0.5) is 0 Å². The van der Waals surface area contributed by atoms with Gasteiger partial charge in [-0.15, -0.1) is 12.4 Å². The molecule has 1 saturated heterocycles. The second-order valence-corrected chi connectivity index (χ2v) is 6.57. The molecule has 1 aliphatic carbocycles. The van der Waals surface area contributed by atoms with Gasteiger partial charge in [-0.1, -0.05) is 13.3 Å². The van der Waals surface area contributed by atoms with Crippen molar-refractivity contribution >= 4 is 24.2 Å². The van der Waals surface area contributed by atoms with E-state index in [1.807, 2.05) is 4.90 Å². The normalized spacial score (nSPS) is 28.1. The van der Waals surface area contributed by atoms with Crippen molar-refractivity contribution in [3.05, 3.63) is 0 Å². The van der Waals surface area contributed by atoms with Crippen LogP contribution in [-0.2, 0) is 9.59 Å². The van der Waals surface area contributed by atoms with E-state index >= 15 is 0 Å². The molecule has 2 fully saturated rings. The molecule has 1 heterocycles. The van der Waals surface area contributed by atoms with E-state index in [0.29, 0.717) is 12.5 Å². The van der Waals surface area contributed by atoms with E-state index in [4.69, 9.17) is 5.73 Å². The molecule has 128 valence electrons. The van der Waals surface area contributed by atoms with Gasteiger partial charge in [-0.3, -0.25) is 9.59 Å². The van der Waals surface area contributed by atoms with E-state index < -0.39 is 0 Å². The molecular formula is C16H30ClN3O2. The molecule has 0 aromatic rings. The summed E-state index contributed by atoms with van der Waals surface area (Å²) in [6, 6.07) is 0. The molecular weight excluding hydrogens is 302 g/mol. The number of nitrogens with one attached hydrogen (secondary N) is 1. The van der Waals surface area contributed by atoms with Crippen LogP contribution in [0, 0.1) is 17.8 Å². The third-order valence-electron chi connectivity index (χ3n) is 5.18. The molecule has 0 radical (unpaired) electrons. The Hall–Kier alpha value is -0.810. The van der Waals surface area contributed by atoms with Gasteiger partial charge in [-0.05, 0) is 50.5 Å². The van der Waals surface area contributed by atoms with Crippen LogP contribution in [-0.4, -0.2) is 42.9 Å². The fraction of sp³-hybridized carbons (Fsp3) is 0.875. The summed E-state index contributed by atoms with van der Waals surface area (Å²) < 4.78 is 0. The van der Waals surface area contributed by atoms with Crippen LogP contribution < -0.4 is 11.1 Å². The maximum Gasteiger partial charge on any atom is 0.241 e. The maximum atomic E-state index is 12.1. The number of rotatable bonds is 5. The van der Waals surface area contributed by atoms with Gasteiger partial charge in [-0.2, -0.15) is 0 Å². The average molecular weight is 332 g/mol. The molecule has 1 atom stereocenters. The lowest BCUT2D eigenvalue weighted by atomic mass is 9.80. The van der Waals surface area contributed by atoms with Gasteiger partial charge in [-0.25, -0.2) is 0 Å². The summed E-state index contributed by atoms with van der Waals surface area (Å²) in [4.78, 5) is 26.0. The van der Waals surface area contributed by atoms with Crippen molar-refractivity contribution in [3.8, 4) is 0 Å². The standard InChI is InChI=1S/C16H29N3O2.ClH/c1-2-12-3-5-14(6-4-12)16(21)18-10-15(20)19-8-7-13(9-17)11-19;/h12-14H,2-11,17H2,1H3,(H,18,21);1H. The first kappa shape index (κ1) is 19.2. The van der Waals surface area contributed by atoms with Crippen LogP contribution in [0.5, 0.6) is 0 Å². The molecule has 22 heavy (non-hydrogen) atoms. The first-order valence-electron chi connectivity index (χ1n) is 8.39. The Bertz CT molecular complexity index is 370. The summed E-state index contributed by atoms with van der Waals surface area (Å²) in [6.07, 6.45) is 6.43. The molecule has 5 nitrogen and oxygen atoms in total. The van der Waals surface area contributed by atoms with Crippen molar-refractivity contribution in [3.63, 3.8) is 0 Å². The zero-order valence-corrected chi connectivity index (χ0v) is 14.4. The average Bonchev–Trinajstić information content (AvgIpc) is 3.01. The summed E-state index contributed by atoms with van der Waals surface area (Å²) in [5, 5.41) is 2.83. The predicted octanol–water partition coefficient (Wildman–Crippen LogP) is 1.55. The van der Waals surface area contributed by atoms with Gasteiger partial charge in [0.2, 0.25) is 11.8 Å². The zero-order chi connectivity index (χ0) is 15.2. The minimum Gasteiger partial charge on any atom is -0.347 e. The monoisotopic (exact) mass is 331 g/mol. The third kappa shape index (κ3) is 5.13. The molecule has 0 bridgehead atoms. The second kappa shape index (κ2) is 9.36. The summed E-state index contributed by atoms with van der Waals surface area (Å²) >= 11 is 0. The minimum atomic E-state index is 0. The van der Waals surface area contributed by atoms with E-state index in [1.54, 1.807) is 0 Å². The lowest BCUT2D eigenvalue weighted by molar-refractivity contribution is -0.133. The molecule has 0 spiro atoms. The lowest BCUT2D eigenvalue weighted by Crippen LogP contribution is -2.42. The number of nitrogens with zero attached hydrogens (tertiary/aromatic N) is 1. The van der Waals surface area contributed by atoms with Gasteiger partial charge in [0.15, 0.2) is 0 Å². The number of carbonyl (C=O) groups is 2. The zero-order valence-electron chi connectivity index (χ0n) is 13.6. The number of hydrogen-bond acceptors (Lipinski definition) is 3. The first-order chi connectivity index (χ1) is 10.1. The number of amides is 2. The Labute approximate surface area is 139 Å². The highest BCUT2D eigenvalue weighted by molar-refractivity contribution is 5.86. The fourth-order valence-electron chi connectivity index (χ4n) is 3.50. The Balaban J connectivity index is 0.00000242. The Kier molecular flexibility index (Phi) is 8.18. The van der Waals surface area contributed by atoms with Gasteiger partial charge in [0.1, 0.15) is 0 Å². The minimum absolute atomic E-state index is 0. The molecule has 2 rings (SSSR count). The van der Waals surface area contributed by atoms with Crippen molar-refractivity contribution in [2.45, 2.75) is 45.4 Å². The van der Waals surface area contributed by atoms with Crippen molar-refractivity contribution < 1.29 is 9.59 Å². The molecule has 1 unspecified atom stereocenters. The highest BCUT2D eigenvalue weighted by Crippen LogP contribution is 2.30. The SMILES string of the molecule is CCC1CCC(C(=O)NCC(=O)N2CCC(CN)C2)CC1.Cl. The van der Waals surface area contributed by atoms with E-state index in [2.05, 4.69) is 12.2 Å². The number of nitrogens with two attached hydrogens (primary N) is 1. The molecule has 6 heteroatoms. The number of halogens is 1. The Morgan fingerprint density at radius 1 is 1.14 bits per heavy atom. The smallest absolute Gasteiger partial charge is 0.241 e. The second-order valence-electron chi connectivity index (χ2n) is 6.57. The van der Waals surface area contributed by atoms with Gasteiger partial charge in [0.05, 0.1) is 6.54 Å².